The summed E-state index contributed by atoms with van der Waals surface area (Å²) >= 11 is 5.58. The number of halogens is 1. The van der Waals surface area contributed by atoms with E-state index >= 15 is 0 Å². The summed E-state index contributed by atoms with van der Waals surface area (Å²) in [6, 6.07) is 23.9. The number of amides is 3. The number of carbonyl (C=O) groups excluding carboxylic acids is 2. The molecule has 0 atom stereocenters. The number of nitrogens with zero attached hydrogens (tertiary/aromatic N) is 3. The van der Waals surface area contributed by atoms with Gasteiger partial charge in [-0.25, -0.2) is 14.5 Å². The number of rotatable bonds is 7. The summed E-state index contributed by atoms with van der Waals surface area (Å²) in [4.78, 5) is 29.1. The molecule has 0 fully saturated rings. The molecule has 3 aromatic carbocycles. The number of benzene rings is 3. The highest BCUT2D eigenvalue weighted by atomic mass is 35.5. The fourth-order valence-corrected chi connectivity index (χ4v) is 4.37. The van der Waals surface area contributed by atoms with Crippen LogP contribution in [-0.4, -0.2) is 32.6 Å². The van der Waals surface area contributed by atoms with Gasteiger partial charge >= 0.3 is 6.03 Å². The molecule has 9 nitrogen and oxygen atoms in total. The minimum absolute atomic E-state index is 0.175. The predicted octanol–water partition coefficient (Wildman–Crippen LogP) is 7.64. The van der Waals surface area contributed by atoms with Gasteiger partial charge in [0.1, 0.15) is 29.0 Å². The number of urea groups is 1. The van der Waals surface area contributed by atoms with Gasteiger partial charge in [-0.15, -0.1) is 11.6 Å². The Bertz CT molecular complexity index is 1760. The molecule has 3 amide bonds. The first-order valence-corrected chi connectivity index (χ1v) is 13.9. The second kappa shape index (κ2) is 11.9. The minimum atomic E-state index is -0.406. The summed E-state index contributed by atoms with van der Waals surface area (Å²) in [5.41, 5.74) is 3.24. The van der Waals surface area contributed by atoms with Gasteiger partial charge in [0.15, 0.2) is 0 Å². The molecule has 10 heteroatoms. The first kappa shape index (κ1) is 28.6. The normalized spacial score (nSPS) is 11.3. The molecule has 5 rings (SSSR count). The van der Waals surface area contributed by atoms with Crippen LogP contribution in [0.3, 0.4) is 0 Å². The van der Waals surface area contributed by atoms with Crippen molar-refractivity contribution in [2.24, 2.45) is 0 Å². The molecule has 0 unspecified atom stereocenters. The van der Waals surface area contributed by atoms with Gasteiger partial charge in [-0.2, -0.15) is 5.10 Å². The molecule has 2 heterocycles. The molecule has 0 saturated heterocycles. The molecule has 0 bridgehead atoms. The highest BCUT2D eigenvalue weighted by Crippen LogP contribution is 2.35. The number of aryl methyl sites for hydroxylation is 1. The van der Waals surface area contributed by atoms with Crippen LogP contribution >= 0.6 is 11.6 Å². The lowest BCUT2D eigenvalue weighted by Gasteiger charge is -2.14. The fourth-order valence-electron chi connectivity index (χ4n) is 4.30. The molecular formula is C32H31ClN6O3. The van der Waals surface area contributed by atoms with Crippen LogP contribution in [0.15, 0.2) is 85.1 Å². The zero-order chi connectivity index (χ0) is 29.9. The van der Waals surface area contributed by atoms with Crippen LogP contribution in [0.25, 0.3) is 16.5 Å². The van der Waals surface area contributed by atoms with Crippen molar-refractivity contribution in [3.8, 4) is 17.2 Å². The highest BCUT2D eigenvalue weighted by Gasteiger charge is 2.22. The van der Waals surface area contributed by atoms with Crippen LogP contribution in [0.4, 0.5) is 22.1 Å². The Morgan fingerprint density at radius 1 is 0.905 bits per heavy atom. The summed E-state index contributed by atoms with van der Waals surface area (Å²) in [7, 11) is 0. The van der Waals surface area contributed by atoms with E-state index in [4.69, 9.17) is 21.4 Å². The van der Waals surface area contributed by atoms with Crippen molar-refractivity contribution in [1.29, 1.82) is 0 Å². The van der Waals surface area contributed by atoms with E-state index in [1.165, 1.54) is 6.20 Å². The second-order valence-corrected chi connectivity index (χ2v) is 11.1. The third kappa shape index (κ3) is 6.53. The number of alkyl halides is 1. The maximum absolute atomic E-state index is 13.3. The quantitative estimate of drug-likeness (QED) is 0.171. The van der Waals surface area contributed by atoms with Crippen molar-refractivity contribution in [3.63, 3.8) is 0 Å². The Hall–Kier alpha value is -4.89. The second-order valence-electron chi connectivity index (χ2n) is 10.8. The third-order valence-electron chi connectivity index (χ3n) is 6.48. The number of pyridine rings is 1. The summed E-state index contributed by atoms with van der Waals surface area (Å²) in [5.74, 6) is 1.40. The largest absolute Gasteiger partial charge is 0.457 e. The van der Waals surface area contributed by atoms with E-state index < -0.39 is 6.03 Å². The molecule has 0 radical (unpaired) electrons. The summed E-state index contributed by atoms with van der Waals surface area (Å²) in [5, 5.41) is 14.9. The summed E-state index contributed by atoms with van der Waals surface area (Å²) < 4.78 is 7.89. The molecule has 214 valence electrons. The topological polar surface area (TPSA) is 110 Å². The summed E-state index contributed by atoms with van der Waals surface area (Å²) in [6.45, 7) is 8.27. The maximum Gasteiger partial charge on any atom is 0.324 e. The van der Waals surface area contributed by atoms with E-state index in [-0.39, 0.29) is 17.2 Å². The van der Waals surface area contributed by atoms with Crippen molar-refractivity contribution in [2.75, 3.05) is 21.8 Å². The van der Waals surface area contributed by atoms with Gasteiger partial charge in [-0.3, -0.25) is 10.1 Å². The van der Waals surface area contributed by atoms with E-state index in [1.807, 2.05) is 61.5 Å². The Kier molecular flexibility index (Phi) is 8.13. The number of ether oxygens (including phenoxy) is 1. The lowest BCUT2D eigenvalue weighted by molar-refractivity contribution is -0.113. The van der Waals surface area contributed by atoms with Gasteiger partial charge in [-0.1, -0.05) is 62.7 Å². The minimum Gasteiger partial charge on any atom is -0.457 e. The lowest BCUT2D eigenvalue weighted by Crippen LogP contribution is -2.21. The monoisotopic (exact) mass is 582 g/mol. The Balaban J connectivity index is 1.40. The van der Waals surface area contributed by atoms with E-state index in [0.717, 1.165) is 27.7 Å². The van der Waals surface area contributed by atoms with Gasteiger partial charge in [0, 0.05) is 34.5 Å². The van der Waals surface area contributed by atoms with Crippen LogP contribution in [0.5, 0.6) is 11.5 Å². The molecule has 2 aromatic heterocycles. The highest BCUT2D eigenvalue weighted by molar-refractivity contribution is 6.29. The predicted molar refractivity (Wildman–Crippen MR) is 167 cm³/mol. The van der Waals surface area contributed by atoms with Crippen LogP contribution < -0.4 is 20.7 Å². The molecule has 42 heavy (non-hydrogen) atoms. The van der Waals surface area contributed by atoms with Gasteiger partial charge < -0.3 is 15.4 Å². The van der Waals surface area contributed by atoms with Crippen molar-refractivity contribution in [1.82, 2.24) is 14.8 Å². The Morgan fingerprint density at radius 2 is 1.64 bits per heavy atom. The number of anilines is 3. The van der Waals surface area contributed by atoms with E-state index in [0.29, 0.717) is 28.8 Å². The van der Waals surface area contributed by atoms with Crippen molar-refractivity contribution < 1.29 is 14.3 Å². The van der Waals surface area contributed by atoms with Crippen LogP contribution in [-0.2, 0) is 10.2 Å². The zero-order valence-corrected chi connectivity index (χ0v) is 24.5. The molecule has 3 N–H and O–H groups in total. The Morgan fingerprint density at radius 3 is 2.36 bits per heavy atom. The lowest BCUT2D eigenvalue weighted by atomic mass is 9.92. The molecule has 5 aromatic rings. The summed E-state index contributed by atoms with van der Waals surface area (Å²) in [6.07, 6.45) is 1.54. The van der Waals surface area contributed by atoms with Crippen LogP contribution in [0.1, 0.15) is 32.0 Å². The maximum atomic E-state index is 13.3. The van der Waals surface area contributed by atoms with E-state index in [2.05, 4.69) is 41.7 Å². The molecular weight excluding hydrogens is 552 g/mol. The van der Waals surface area contributed by atoms with Crippen molar-refractivity contribution in [2.45, 2.75) is 33.1 Å². The van der Waals surface area contributed by atoms with Crippen LogP contribution in [0.2, 0.25) is 0 Å². The van der Waals surface area contributed by atoms with Gasteiger partial charge in [0.2, 0.25) is 5.91 Å². The number of hydrogen-bond donors (Lipinski definition) is 3. The van der Waals surface area contributed by atoms with E-state index in [1.54, 1.807) is 28.9 Å². The standard InChI is InChI=1S/C32H31ClN6O3/c1-20-9-11-21(12-10-20)39-29(18-27(38-39)32(2,3)4)37-31(41)35-25-13-14-26(24-8-6-5-7-23(24)25)42-22-15-16-34-28(17-22)36-30(40)19-33/h5-18H,19H2,1-4H3,(H,34,36,40)(H2,35,37,41). The average molecular weight is 583 g/mol. The number of carbonyl (C=O) groups is 2. The Labute approximate surface area is 248 Å². The van der Waals surface area contributed by atoms with Crippen molar-refractivity contribution >= 4 is 51.6 Å². The fraction of sp³-hybridized carbons (Fsp3) is 0.188. The number of nitrogens with one attached hydrogen (secondary N) is 3. The number of fused-ring (bicyclic) bond motifs is 1. The van der Waals surface area contributed by atoms with E-state index in [9.17, 15) is 9.59 Å². The van der Waals surface area contributed by atoms with Gasteiger partial charge in [0.05, 0.1) is 17.1 Å². The molecule has 0 aliphatic rings. The molecule has 0 spiro atoms. The molecule has 0 aliphatic heterocycles. The first-order valence-electron chi connectivity index (χ1n) is 13.4. The smallest absolute Gasteiger partial charge is 0.324 e. The van der Waals surface area contributed by atoms with Crippen molar-refractivity contribution in [3.05, 3.63) is 96.3 Å². The first-order chi connectivity index (χ1) is 20.1. The average Bonchev–Trinajstić information content (AvgIpc) is 3.39. The molecule has 0 saturated carbocycles. The van der Waals surface area contributed by atoms with Gasteiger partial charge in [-0.05, 0) is 37.3 Å². The van der Waals surface area contributed by atoms with Gasteiger partial charge in [0.25, 0.3) is 0 Å². The SMILES string of the molecule is Cc1ccc(-n2nc(C(C)(C)C)cc2NC(=O)Nc2ccc(Oc3ccnc(NC(=O)CCl)c3)c3ccccc23)cc1. The van der Waals surface area contributed by atoms with Crippen LogP contribution in [0, 0.1) is 6.92 Å². The number of aromatic nitrogens is 3. The zero-order valence-electron chi connectivity index (χ0n) is 23.7. The third-order valence-corrected chi connectivity index (χ3v) is 6.72. The molecule has 0 aliphatic carbocycles. The number of hydrogen-bond acceptors (Lipinski definition) is 5.